The van der Waals surface area contributed by atoms with Gasteiger partial charge in [0, 0.05) is 15.7 Å². The van der Waals surface area contributed by atoms with Crippen LogP contribution < -0.4 is 5.32 Å². The quantitative estimate of drug-likeness (QED) is 0.884. The number of hydrogen-bond donors (Lipinski definition) is 2. The highest BCUT2D eigenvalue weighted by Crippen LogP contribution is 2.25. The highest BCUT2D eigenvalue weighted by atomic mass is 79.9. The minimum absolute atomic E-state index is 0.0232. The third kappa shape index (κ3) is 3.33. The second-order valence-corrected chi connectivity index (χ2v) is 5.01. The third-order valence-electron chi connectivity index (χ3n) is 2.66. The summed E-state index contributed by atoms with van der Waals surface area (Å²) < 4.78 is 27.4. The average Bonchev–Trinajstić information content (AvgIpc) is 2.36. The van der Waals surface area contributed by atoms with E-state index < -0.39 is 23.6 Å². The van der Waals surface area contributed by atoms with Gasteiger partial charge in [-0.3, -0.25) is 0 Å². The van der Waals surface area contributed by atoms with E-state index in [1.54, 1.807) is 6.07 Å². The van der Waals surface area contributed by atoms with Crippen molar-refractivity contribution in [2.45, 2.75) is 6.04 Å². The maximum absolute atomic E-state index is 13.8. The molecule has 0 aliphatic heterocycles. The standard InChI is InChI=1S/C14H10BrF2NO2/c15-8-4-5-11(12(17)6-8)13(14(19)20)18-10-3-1-2-9(16)7-10/h1-7,13,18H,(H,19,20). The predicted octanol–water partition coefficient (Wildman–Crippen LogP) is 3.97. The molecule has 6 heteroatoms. The average molecular weight is 342 g/mol. The molecule has 0 amide bonds. The van der Waals surface area contributed by atoms with Crippen LogP contribution in [0, 0.1) is 11.6 Å². The first-order valence-electron chi connectivity index (χ1n) is 5.67. The van der Waals surface area contributed by atoms with E-state index >= 15 is 0 Å². The van der Waals surface area contributed by atoms with Crippen LogP contribution in [0.1, 0.15) is 11.6 Å². The zero-order chi connectivity index (χ0) is 14.7. The summed E-state index contributed by atoms with van der Waals surface area (Å²) in [5, 5.41) is 11.8. The van der Waals surface area contributed by atoms with E-state index in [0.717, 1.165) is 6.07 Å². The molecule has 2 aromatic rings. The van der Waals surface area contributed by atoms with Crippen LogP contribution in [0.3, 0.4) is 0 Å². The minimum atomic E-state index is -1.30. The van der Waals surface area contributed by atoms with Gasteiger partial charge in [0.25, 0.3) is 0 Å². The second kappa shape index (κ2) is 6.00. The van der Waals surface area contributed by atoms with Gasteiger partial charge in [0.2, 0.25) is 0 Å². The number of carboxylic acids is 1. The lowest BCUT2D eigenvalue weighted by molar-refractivity contribution is -0.138. The van der Waals surface area contributed by atoms with Gasteiger partial charge in [-0.05, 0) is 30.3 Å². The molecule has 0 aliphatic rings. The van der Waals surface area contributed by atoms with Gasteiger partial charge < -0.3 is 10.4 Å². The number of benzene rings is 2. The summed E-state index contributed by atoms with van der Waals surface area (Å²) in [5.41, 5.74) is 0.240. The molecule has 1 atom stereocenters. The molecule has 0 bridgehead atoms. The molecule has 104 valence electrons. The fourth-order valence-corrected chi connectivity index (χ4v) is 2.09. The number of rotatable bonds is 4. The van der Waals surface area contributed by atoms with Crippen molar-refractivity contribution in [1.29, 1.82) is 0 Å². The van der Waals surface area contributed by atoms with Crippen LogP contribution in [0.2, 0.25) is 0 Å². The van der Waals surface area contributed by atoms with Gasteiger partial charge in [0.05, 0.1) is 0 Å². The number of anilines is 1. The zero-order valence-electron chi connectivity index (χ0n) is 10.1. The lowest BCUT2D eigenvalue weighted by Crippen LogP contribution is -2.21. The van der Waals surface area contributed by atoms with Crippen molar-refractivity contribution in [2.75, 3.05) is 5.32 Å². The highest BCUT2D eigenvalue weighted by molar-refractivity contribution is 9.10. The van der Waals surface area contributed by atoms with Crippen molar-refractivity contribution in [3.05, 3.63) is 64.1 Å². The Morgan fingerprint density at radius 2 is 1.95 bits per heavy atom. The van der Waals surface area contributed by atoms with E-state index in [9.17, 15) is 18.7 Å². The molecule has 3 nitrogen and oxygen atoms in total. The van der Waals surface area contributed by atoms with Crippen LogP contribution >= 0.6 is 15.9 Å². The van der Waals surface area contributed by atoms with Crippen LogP contribution in [0.15, 0.2) is 46.9 Å². The normalized spacial score (nSPS) is 11.9. The third-order valence-corrected chi connectivity index (χ3v) is 3.15. The van der Waals surface area contributed by atoms with Gasteiger partial charge in [-0.15, -0.1) is 0 Å². The molecule has 0 aliphatic carbocycles. The molecule has 0 heterocycles. The van der Waals surface area contributed by atoms with E-state index in [4.69, 9.17) is 0 Å². The molecule has 0 spiro atoms. The Labute approximate surface area is 122 Å². The van der Waals surface area contributed by atoms with Crippen molar-refractivity contribution in [3.8, 4) is 0 Å². The molecule has 20 heavy (non-hydrogen) atoms. The summed E-state index contributed by atoms with van der Waals surface area (Å²) in [6.45, 7) is 0. The van der Waals surface area contributed by atoms with E-state index in [-0.39, 0.29) is 11.3 Å². The minimum Gasteiger partial charge on any atom is -0.479 e. The molecule has 2 rings (SSSR count). The molecule has 0 saturated heterocycles. The predicted molar refractivity (Wildman–Crippen MR) is 74.5 cm³/mol. The van der Waals surface area contributed by atoms with Gasteiger partial charge in [-0.25, -0.2) is 13.6 Å². The largest absolute Gasteiger partial charge is 0.479 e. The van der Waals surface area contributed by atoms with Crippen LogP contribution in [-0.2, 0) is 4.79 Å². The second-order valence-electron chi connectivity index (χ2n) is 4.09. The maximum atomic E-state index is 13.8. The molecule has 0 aromatic heterocycles. The Hall–Kier alpha value is -1.95. The topological polar surface area (TPSA) is 49.3 Å². The summed E-state index contributed by atoms with van der Waals surface area (Å²) in [7, 11) is 0. The van der Waals surface area contributed by atoms with E-state index in [0.29, 0.717) is 4.47 Å². The number of halogens is 3. The first kappa shape index (κ1) is 14.5. The summed E-state index contributed by atoms with van der Waals surface area (Å²) in [5.74, 6) is -2.42. The molecule has 1 unspecified atom stereocenters. The number of nitrogens with one attached hydrogen (secondary N) is 1. The molecular formula is C14H10BrF2NO2. The summed E-state index contributed by atoms with van der Waals surface area (Å²) in [6, 6.07) is 8.12. The maximum Gasteiger partial charge on any atom is 0.330 e. The van der Waals surface area contributed by atoms with E-state index in [2.05, 4.69) is 21.2 Å². The Balaban J connectivity index is 2.34. The van der Waals surface area contributed by atoms with E-state index in [1.165, 1.54) is 30.3 Å². The Bertz CT molecular complexity index is 649. The number of carbonyl (C=O) groups is 1. The van der Waals surface area contributed by atoms with Crippen LogP contribution in [0.4, 0.5) is 14.5 Å². The SMILES string of the molecule is O=C(O)C(Nc1cccc(F)c1)c1ccc(Br)cc1F. The number of aliphatic carboxylic acids is 1. The fourth-order valence-electron chi connectivity index (χ4n) is 1.75. The van der Waals surface area contributed by atoms with E-state index in [1.807, 2.05) is 0 Å². The van der Waals surface area contributed by atoms with Gasteiger partial charge in [0.1, 0.15) is 11.6 Å². The molecule has 2 N–H and O–H groups in total. The van der Waals surface area contributed by atoms with Crippen LogP contribution in [0.5, 0.6) is 0 Å². The number of carboxylic acid groups (broad SMARTS) is 1. The highest BCUT2D eigenvalue weighted by Gasteiger charge is 2.23. The van der Waals surface area contributed by atoms with Crippen molar-refractivity contribution in [1.82, 2.24) is 0 Å². The van der Waals surface area contributed by atoms with Crippen molar-refractivity contribution in [3.63, 3.8) is 0 Å². The van der Waals surface area contributed by atoms with Crippen molar-refractivity contribution in [2.24, 2.45) is 0 Å². The first-order chi connectivity index (χ1) is 9.47. The summed E-state index contributed by atoms with van der Waals surface area (Å²) in [4.78, 5) is 11.3. The molecular weight excluding hydrogens is 332 g/mol. The summed E-state index contributed by atoms with van der Waals surface area (Å²) >= 11 is 3.10. The zero-order valence-corrected chi connectivity index (χ0v) is 11.7. The first-order valence-corrected chi connectivity index (χ1v) is 6.46. The fraction of sp³-hybridized carbons (Fsp3) is 0.0714. The smallest absolute Gasteiger partial charge is 0.330 e. The Morgan fingerprint density at radius 1 is 1.20 bits per heavy atom. The molecule has 0 radical (unpaired) electrons. The van der Waals surface area contributed by atoms with Gasteiger partial charge in [-0.1, -0.05) is 28.1 Å². The van der Waals surface area contributed by atoms with Gasteiger partial charge >= 0.3 is 5.97 Å². The monoisotopic (exact) mass is 341 g/mol. The Morgan fingerprint density at radius 3 is 2.55 bits per heavy atom. The molecule has 0 saturated carbocycles. The lowest BCUT2D eigenvalue weighted by Gasteiger charge is -2.17. The van der Waals surface area contributed by atoms with Crippen molar-refractivity contribution < 1.29 is 18.7 Å². The van der Waals surface area contributed by atoms with Gasteiger partial charge in [-0.2, -0.15) is 0 Å². The van der Waals surface area contributed by atoms with Crippen LogP contribution in [-0.4, -0.2) is 11.1 Å². The van der Waals surface area contributed by atoms with Gasteiger partial charge in [0.15, 0.2) is 6.04 Å². The van der Waals surface area contributed by atoms with Crippen molar-refractivity contribution >= 4 is 27.6 Å². The molecule has 0 fully saturated rings. The lowest BCUT2D eigenvalue weighted by atomic mass is 10.1. The van der Waals surface area contributed by atoms with Crippen LogP contribution in [0.25, 0.3) is 0 Å². The Kier molecular flexibility index (Phi) is 4.34. The number of hydrogen-bond acceptors (Lipinski definition) is 2. The molecule has 2 aromatic carbocycles. The summed E-state index contributed by atoms with van der Waals surface area (Å²) in [6.07, 6.45) is 0.